The highest BCUT2D eigenvalue weighted by Gasteiger charge is 2.21. The predicted molar refractivity (Wildman–Crippen MR) is 85.7 cm³/mol. The summed E-state index contributed by atoms with van der Waals surface area (Å²) >= 11 is 0. The lowest BCUT2D eigenvalue weighted by atomic mass is 9.96. The van der Waals surface area contributed by atoms with Gasteiger partial charge < -0.3 is 4.90 Å². The van der Waals surface area contributed by atoms with Gasteiger partial charge in [-0.05, 0) is 71.6 Å². The molecule has 0 aliphatic carbocycles. The SMILES string of the molecule is CCCNC(C)(C#N)CCCCN1CCCCCCC1. The Morgan fingerprint density at radius 1 is 1.10 bits per heavy atom. The Morgan fingerprint density at radius 2 is 1.75 bits per heavy atom. The minimum atomic E-state index is -0.327. The second-order valence-corrected chi connectivity index (χ2v) is 6.44. The van der Waals surface area contributed by atoms with Gasteiger partial charge in [-0.25, -0.2) is 0 Å². The Kier molecular flexibility index (Phi) is 8.89. The van der Waals surface area contributed by atoms with Crippen LogP contribution in [0.4, 0.5) is 0 Å². The largest absolute Gasteiger partial charge is 0.303 e. The van der Waals surface area contributed by atoms with E-state index in [2.05, 4.69) is 23.2 Å². The van der Waals surface area contributed by atoms with E-state index >= 15 is 0 Å². The van der Waals surface area contributed by atoms with Crippen molar-refractivity contribution < 1.29 is 0 Å². The second-order valence-electron chi connectivity index (χ2n) is 6.44. The molecule has 1 atom stereocenters. The number of rotatable bonds is 8. The lowest BCUT2D eigenvalue weighted by Crippen LogP contribution is -2.41. The number of nitrogens with one attached hydrogen (secondary N) is 1. The Hall–Kier alpha value is -0.590. The summed E-state index contributed by atoms with van der Waals surface area (Å²) in [7, 11) is 0. The number of unbranched alkanes of at least 4 members (excludes halogenated alkanes) is 1. The molecule has 0 spiro atoms. The topological polar surface area (TPSA) is 39.1 Å². The molecule has 0 radical (unpaired) electrons. The van der Waals surface area contributed by atoms with E-state index in [4.69, 9.17) is 0 Å². The molecule has 116 valence electrons. The molecule has 1 saturated heterocycles. The van der Waals surface area contributed by atoms with Gasteiger partial charge in [0.1, 0.15) is 5.54 Å². The maximum Gasteiger partial charge on any atom is 0.103 e. The zero-order valence-corrected chi connectivity index (χ0v) is 13.6. The van der Waals surface area contributed by atoms with Crippen LogP contribution in [-0.4, -0.2) is 36.6 Å². The van der Waals surface area contributed by atoms with E-state index in [1.165, 1.54) is 58.2 Å². The van der Waals surface area contributed by atoms with Crippen LogP contribution in [0.2, 0.25) is 0 Å². The Labute approximate surface area is 125 Å². The van der Waals surface area contributed by atoms with Crippen LogP contribution in [0.5, 0.6) is 0 Å². The molecule has 1 N–H and O–H groups in total. The number of nitrogens with zero attached hydrogens (tertiary/aromatic N) is 2. The average Bonchev–Trinajstić information content (AvgIpc) is 2.43. The molecule has 20 heavy (non-hydrogen) atoms. The van der Waals surface area contributed by atoms with Crippen molar-refractivity contribution in [2.75, 3.05) is 26.2 Å². The van der Waals surface area contributed by atoms with Gasteiger partial charge >= 0.3 is 0 Å². The van der Waals surface area contributed by atoms with E-state index in [0.717, 1.165) is 25.8 Å². The van der Waals surface area contributed by atoms with Crippen molar-refractivity contribution in [3.8, 4) is 6.07 Å². The van der Waals surface area contributed by atoms with Gasteiger partial charge in [0.05, 0.1) is 6.07 Å². The van der Waals surface area contributed by atoms with Crippen molar-refractivity contribution >= 4 is 0 Å². The van der Waals surface area contributed by atoms with Gasteiger partial charge in [0.25, 0.3) is 0 Å². The molecule has 0 saturated carbocycles. The van der Waals surface area contributed by atoms with E-state index in [-0.39, 0.29) is 5.54 Å². The molecular weight excluding hydrogens is 246 g/mol. The third-order valence-corrected chi connectivity index (χ3v) is 4.36. The lowest BCUT2D eigenvalue weighted by molar-refractivity contribution is 0.239. The minimum absolute atomic E-state index is 0.327. The first kappa shape index (κ1) is 17.5. The molecule has 1 fully saturated rings. The summed E-state index contributed by atoms with van der Waals surface area (Å²) in [6.45, 7) is 8.91. The molecular formula is C17H33N3. The minimum Gasteiger partial charge on any atom is -0.303 e. The Balaban J connectivity index is 2.17. The first-order valence-electron chi connectivity index (χ1n) is 8.59. The molecule has 0 aromatic carbocycles. The van der Waals surface area contributed by atoms with Gasteiger partial charge in [0, 0.05) is 0 Å². The summed E-state index contributed by atoms with van der Waals surface area (Å²) < 4.78 is 0. The van der Waals surface area contributed by atoms with Crippen LogP contribution in [0.1, 0.15) is 71.6 Å². The molecule has 3 nitrogen and oxygen atoms in total. The average molecular weight is 279 g/mol. The van der Waals surface area contributed by atoms with Gasteiger partial charge in [-0.2, -0.15) is 5.26 Å². The third kappa shape index (κ3) is 7.26. The van der Waals surface area contributed by atoms with Crippen LogP contribution < -0.4 is 5.32 Å². The van der Waals surface area contributed by atoms with Crippen molar-refractivity contribution in [1.29, 1.82) is 5.26 Å². The molecule has 1 unspecified atom stereocenters. The van der Waals surface area contributed by atoms with Crippen molar-refractivity contribution in [1.82, 2.24) is 10.2 Å². The van der Waals surface area contributed by atoms with Crippen LogP contribution in [0.15, 0.2) is 0 Å². The lowest BCUT2D eigenvalue weighted by Gasteiger charge is -2.26. The Morgan fingerprint density at radius 3 is 2.35 bits per heavy atom. The monoisotopic (exact) mass is 279 g/mol. The van der Waals surface area contributed by atoms with Gasteiger partial charge in [-0.3, -0.25) is 5.32 Å². The molecule has 0 aromatic rings. The normalized spacial score (nSPS) is 20.6. The maximum absolute atomic E-state index is 9.31. The highest BCUT2D eigenvalue weighted by molar-refractivity contribution is 5.03. The van der Waals surface area contributed by atoms with E-state index in [1.807, 2.05) is 6.92 Å². The molecule has 1 rings (SSSR count). The van der Waals surface area contributed by atoms with Crippen LogP contribution >= 0.6 is 0 Å². The Bertz CT molecular complexity index is 276. The summed E-state index contributed by atoms with van der Waals surface area (Å²) in [4.78, 5) is 2.63. The number of hydrogen-bond donors (Lipinski definition) is 1. The molecule has 1 heterocycles. The predicted octanol–water partition coefficient (Wildman–Crippen LogP) is 3.70. The molecule has 0 amide bonds. The second kappa shape index (κ2) is 10.2. The van der Waals surface area contributed by atoms with E-state index in [9.17, 15) is 5.26 Å². The van der Waals surface area contributed by atoms with Crippen molar-refractivity contribution in [2.45, 2.75) is 77.2 Å². The number of likely N-dealkylation sites (tertiary alicyclic amines) is 1. The molecule has 0 aromatic heterocycles. The van der Waals surface area contributed by atoms with Crippen molar-refractivity contribution in [2.24, 2.45) is 0 Å². The van der Waals surface area contributed by atoms with Crippen LogP contribution in [0.3, 0.4) is 0 Å². The molecule has 3 heteroatoms. The standard InChI is InChI=1S/C17H33N3/c1-3-12-19-17(2,16-18)11-7-10-15-20-13-8-5-4-6-9-14-20/h19H,3-15H2,1-2H3. The highest BCUT2D eigenvalue weighted by Crippen LogP contribution is 2.15. The van der Waals surface area contributed by atoms with Crippen LogP contribution in [0, 0.1) is 11.3 Å². The quantitative estimate of drug-likeness (QED) is 0.689. The zero-order chi connectivity index (χ0) is 14.7. The maximum atomic E-state index is 9.31. The summed E-state index contributed by atoms with van der Waals surface area (Å²) in [6, 6.07) is 2.45. The molecule has 0 bridgehead atoms. The van der Waals surface area contributed by atoms with E-state index < -0.39 is 0 Å². The summed E-state index contributed by atoms with van der Waals surface area (Å²) in [6.07, 6.45) is 11.4. The zero-order valence-electron chi connectivity index (χ0n) is 13.6. The van der Waals surface area contributed by atoms with Crippen LogP contribution in [-0.2, 0) is 0 Å². The highest BCUT2D eigenvalue weighted by atomic mass is 15.1. The van der Waals surface area contributed by atoms with Gasteiger partial charge in [0.2, 0.25) is 0 Å². The van der Waals surface area contributed by atoms with Gasteiger partial charge in [0.15, 0.2) is 0 Å². The summed E-state index contributed by atoms with van der Waals surface area (Å²) in [5.41, 5.74) is -0.327. The summed E-state index contributed by atoms with van der Waals surface area (Å²) in [5.74, 6) is 0. The number of hydrogen-bond acceptors (Lipinski definition) is 3. The fourth-order valence-electron chi connectivity index (χ4n) is 2.94. The fraction of sp³-hybridized carbons (Fsp3) is 0.941. The van der Waals surface area contributed by atoms with Crippen molar-refractivity contribution in [3.05, 3.63) is 0 Å². The van der Waals surface area contributed by atoms with Crippen molar-refractivity contribution in [3.63, 3.8) is 0 Å². The number of nitriles is 1. The smallest absolute Gasteiger partial charge is 0.103 e. The van der Waals surface area contributed by atoms with E-state index in [1.54, 1.807) is 0 Å². The first-order chi connectivity index (χ1) is 9.70. The van der Waals surface area contributed by atoms with Crippen LogP contribution in [0.25, 0.3) is 0 Å². The fourth-order valence-corrected chi connectivity index (χ4v) is 2.94. The third-order valence-electron chi connectivity index (χ3n) is 4.36. The van der Waals surface area contributed by atoms with Gasteiger partial charge in [-0.15, -0.1) is 0 Å². The van der Waals surface area contributed by atoms with E-state index in [0.29, 0.717) is 0 Å². The molecule has 1 aliphatic rings. The summed E-state index contributed by atoms with van der Waals surface area (Å²) in [5, 5.41) is 12.7. The van der Waals surface area contributed by atoms with Gasteiger partial charge in [-0.1, -0.05) is 26.2 Å². The molecule has 1 aliphatic heterocycles. The first-order valence-corrected chi connectivity index (χ1v) is 8.59.